The first-order valence-electron chi connectivity index (χ1n) is 8.91. The molecule has 2 heterocycles. The first-order chi connectivity index (χ1) is 13.5. The third-order valence-corrected chi connectivity index (χ3v) is 5.40. The van der Waals surface area contributed by atoms with E-state index in [2.05, 4.69) is 9.12 Å². The van der Waals surface area contributed by atoms with E-state index >= 15 is 0 Å². The number of nitrogens with zero attached hydrogens (tertiary/aromatic N) is 2. The zero-order valence-corrected chi connectivity index (χ0v) is 16.2. The molecular formula is C18H24N6O3S. The second-order valence-corrected chi connectivity index (χ2v) is 7.44. The van der Waals surface area contributed by atoms with Crippen LogP contribution in [-0.2, 0) is 16.0 Å². The number of hydrogen-bond acceptors (Lipinski definition) is 6. The molecule has 1 aromatic carbocycles. The molecule has 1 amide bonds. The Morgan fingerprint density at radius 1 is 1.43 bits per heavy atom. The van der Waals surface area contributed by atoms with Crippen molar-refractivity contribution in [2.75, 3.05) is 24.4 Å². The summed E-state index contributed by atoms with van der Waals surface area (Å²) >= 11 is -1.58. The highest BCUT2D eigenvalue weighted by Gasteiger charge is 2.26. The summed E-state index contributed by atoms with van der Waals surface area (Å²) in [6, 6.07) is 5.36. The number of piperidine rings is 1. The van der Waals surface area contributed by atoms with E-state index in [0.717, 1.165) is 12.8 Å². The van der Waals surface area contributed by atoms with Gasteiger partial charge in [-0.05, 0) is 37.3 Å². The van der Waals surface area contributed by atoms with Gasteiger partial charge in [0.15, 0.2) is 0 Å². The Bertz CT molecular complexity index is 867. The average molecular weight is 404 g/mol. The van der Waals surface area contributed by atoms with Crippen LogP contribution in [0, 0.1) is 5.92 Å². The maximum Gasteiger partial charge on any atom is 0.255 e. The van der Waals surface area contributed by atoms with Crippen LogP contribution in [0.15, 0.2) is 46.6 Å². The molecule has 2 aliphatic heterocycles. The van der Waals surface area contributed by atoms with E-state index in [1.807, 2.05) is 0 Å². The van der Waals surface area contributed by atoms with Crippen LogP contribution in [-0.4, -0.2) is 40.5 Å². The predicted molar refractivity (Wildman–Crippen MR) is 109 cm³/mol. The molecule has 0 radical (unpaired) electrons. The lowest BCUT2D eigenvalue weighted by atomic mass is 9.98. The summed E-state index contributed by atoms with van der Waals surface area (Å²) in [6.45, 7) is 1.65. The molecule has 1 saturated heterocycles. The second kappa shape index (κ2) is 8.79. The van der Waals surface area contributed by atoms with Crippen molar-refractivity contribution >= 4 is 28.6 Å². The van der Waals surface area contributed by atoms with Gasteiger partial charge in [0.1, 0.15) is 11.6 Å². The molecule has 150 valence electrons. The number of carbonyl (C=O) groups excluding carboxylic acids is 1. The minimum absolute atomic E-state index is 0.144. The number of amidine groups is 1. The van der Waals surface area contributed by atoms with Crippen molar-refractivity contribution in [3.8, 4) is 5.75 Å². The Labute approximate surface area is 166 Å². The van der Waals surface area contributed by atoms with E-state index in [1.165, 1.54) is 18.5 Å². The van der Waals surface area contributed by atoms with E-state index in [-0.39, 0.29) is 17.7 Å². The Morgan fingerprint density at radius 2 is 2.25 bits per heavy atom. The Kier molecular flexibility index (Phi) is 6.19. The Balaban J connectivity index is 1.67. The quantitative estimate of drug-likeness (QED) is 0.410. The van der Waals surface area contributed by atoms with Gasteiger partial charge in [-0.15, -0.1) is 0 Å². The zero-order valence-electron chi connectivity index (χ0n) is 15.3. The fourth-order valence-electron chi connectivity index (χ4n) is 3.33. The maximum atomic E-state index is 12.6. The van der Waals surface area contributed by atoms with Crippen LogP contribution < -0.4 is 26.7 Å². The second-order valence-electron chi connectivity index (χ2n) is 6.56. The van der Waals surface area contributed by atoms with E-state index < -0.39 is 11.2 Å². The molecule has 1 aromatic rings. The van der Waals surface area contributed by atoms with Gasteiger partial charge in [0.05, 0.1) is 23.4 Å². The average Bonchev–Trinajstić information content (AvgIpc) is 2.69. The maximum absolute atomic E-state index is 12.6. The molecule has 3 rings (SSSR count). The lowest BCUT2D eigenvalue weighted by molar-refractivity contribution is -0.128. The first kappa shape index (κ1) is 19.7. The van der Waals surface area contributed by atoms with Crippen LogP contribution in [0.3, 0.4) is 0 Å². The highest BCUT2D eigenvalue weighted by atomic mass is 32.2. The van der Waals surface area contributed by atoms with Gasteiger partial charge < -0.3 is 26.8 Å². The molecule has 10 heteroatoms. The first-order valence-corrected chi connectivity index (χ1v) is 10.0. The molecule has 0 bridgehead atoms. The third kappa shape index (κ3) is 4.28. The zero-order chi connectivity index (χ0) is 20.1. The summed E-state index contributed by atoms with van der Waals surface area (Å²) < 4.78 is 24.2. The lowest BCUT2D eigenvalue weighted by Gasteiger charge is -2.33. The SMILES string of the molecule is N/C=C\C(=C/N)C(=O)N1CCCC(COc2cccc3c2C(N)=NS(=O)N3)C1. The summed E-state index contributed by atoms with van der Waals surface area (Å²) in [4.78, 5) is 14.3. The topological polar surface area (TPSA) is 149 Å². The van der Waals surface area contributed by atoms with Crippen LogP contribution in [0.1, 0.15) is 18.4 Å². The number of carbonyl (C=O) groups is 1. The number of rotatable bonds is 5. The van der Waals surface area contributed by atoms with E-state index in [9.17, 15) is 9.00 Å². The molecular weight excluding hydrogens is 380 g/mol. The molecule has 9 nitrogen and oxygen atoms in total. The van der Waals surface area contributed by atoms with Crippen molar-refractivity contribution < 1.29 is 13.7 Å². The summed E-state index contributed by atoms with van der Waals surface area (Å²) in [5, 5.41) is 0. The molecule has 2 atom stereocenters. The van der Waals surface area contributed by atoms with Gasteiger partial charge >= 0.3 is 0 Å². The standard InChI is InChI=1S/C18H24N6O3S/c19-7-6-13(9-20)18(25)24-8-2-3-12(10-24)11-27-15-5-1-4-14-16(15)17(21)23-28(26)22-14/h1,4-7,9,12,22H,2-3,8,10-11,19-20H2,(H2,21,23)/b7-6-,13-9+. The van der Waals surface area contributed by atoms with Crippen LogP contribution in [0.4, 0.5) is 5.69 Å². The van der Waals surface area contributed by atoms with Crippen LogP contribution in [0.2, 0.25) is 0 Å². The van der Waals surface area contributed by atoms with Crippen LogP contribution in [0.25, 0.3) is 0 Å². The van der Waals surface area contributed by atoms with Gasteiger partial charge in [-0.25, -0.2) is 4.21 Å². The van der Waals surface area contributed by atoms with E-state index in [4.69, 9.17) is 21.9 Å². The minimum Gasteiger partial charge on any atom is -0.492 e. The lowest BCUT2D eigenvalue weighted by Crippen LogP contribution is -2.42. The highest BCUT2D eigenvalue weighted by Crippen LogP contribution is 2.30. The molecule has 2 aliphatic rings. The predicted octanol–water partition coefficient (Wildman–Crippen LogP) is 0.329. The van der Waals surface area contributed by atoms with Crippen molar-refractivity contribution in [1.82, 2.24) is 4.90 Å². The molecule has 1 fully saturated rings. The number of amides is 1. The number of anilines is 1. The van der Waals surface area contributed by atoms with Gasteiger partial charge in [0.2, 0.25) is 11.2 Å². The van der Waals surface area contributed by atoms with Gasteiger partial charge in [0, 0.05) is 25.2 Å². The van der Waals surface area contributed by atoms with E-state index in [0.29, 0.717) is 42.3 Å². The summed E-state index contributed by atoms with van der Waals surface area (Å²) in [5.74, 6) is 0.766. The molecule has 0 aromatic heterocycles. The molecule has 0 saturated carbocycles. The van der Waals surface area contributed by atoms with Gasteiger partial charge in [-0.2, -0.15) is 4.40 Å². The minimum atomic E-state index is -1.58. The number of hydrogen-bond donors (Lipinski definition) is 4. The van der Waals surface area contributed by atoms with Crippen LogP contribution >= 0.6 is 0 Å². The number of benzene rings is 1. The monoisotopic (exact) mass is 404 g/mol. The normalized spacial score (nSPS) is 22.4. The number of fused-ring (bicyclic) bond motifs is 1. The van der Waals surface area contributed by atoms with E-state index in [1.54, 1.807) is 23.1 Å². The molecule has 2 unspecified atom stereocenters. The summed E-state index contributed by atoms with van der Waals surface area (Å²) in [6.07, 6.45) is 5.88. The van der Waals surface area contributed by atoms with Crippen molar-refractivity contribution in [2.24, 2.45) is 27.5 Å². The molecule has 28 heavy (non-hydrogen) atoms. The fraction of sp³-hybridized carbons (Fsp3) is 0.333. The van der Waals surface area contributed by atoms with Gasteiger partial charge in [-0.3, -0.25) is 9.52 Å². The smallest absolute Gasteiger partial charge is 0.255 e. The summed E-state index contributed by atoms with van der Waals surface area (Å²) in [7, 11) is 0. The van der Waals surface area contributed by atoms with Crippen LogP contribution in [0.5, 0.6) is 5.75 Å². The molecule has 0 spiro atoms. The van der Waals surface area contributed by atoms with Crippen molar-refractivity contribution in [2.45, 2.75) is 12.8 Å². The van der Waals surface area contributed by atoms with Crippen molar-refractivity contribution in [3.63, 3.8) is 0 Å². The number of likely N-dealkylation sites (tertiary alicyclic amines) is 1. The van der Waals surface area contributed by atoms with Crippen molar-refractivity contribution in [3.05, 3.63) is 47.8 Å². The number of nitrogens with two attached hydrogens (primary N) is 3. The number of ether oxygens (including phenoxy) is 1. The number of nitrogens with one attached hydrogen (secondary N) is 1. The Morgan fingerprint density at radius 3 is 3.00 bits per heavy atom. The largest absolute Gasteiger partial charge is 0.492 e. The summed E-state index contributed by atoms with van der Waals surface area (Å²) in [5.41, 5.74) is 18.4. The Hall–Kier alpha value is -3.01. The van der Waals surface area contributed by atoms with Gasteiger partial charge in [0.25, 0.3) is 5.91 Å². The third-order valence-electron chi connectivity index (χ3n) is 4.64. The molecule has 7 N–H and O–H groups in total. The highest BCUT2D eigenvalue weighted by molar-refractivity contribution is 7.85. The van der Waals surface area contributed by atoms with Crippen molar-refractivity contribution in [1.29, 1.82) is 0 Å². The van der Waals surface area contributed by atoms with Gasteiger partial charge in [-0.1, -0.05) is 6.07 Å². The fourth-order valence-corrected chi connectivity index (χ4v) is 4.00. The molecule has 0 aliphatic carbocycles.